The van der Waals surface area contributed by atoms with Gasteiger partial charge in [-0.1, -0.05) is 38.1 Å². The standard InChI is InChI=1S/C24H28N4O3/c1-16(2)15-21(30)24(31)28-13-11-27(12-14-28)23-17-7-3-5-9-19(17)25-22(26-23)18-8-4-6-10-20(18)29/h3-10,16,21,29-30H,11-15H2,1-2H3. The molecule has 1 fully saturated rings. The molecule has 1 saturated heterocycles. The van der Waals surface area contributed by atoms with Crippen LogP contribution < -0.4 is 4.90 Å². The number of aromatic hydroxyl groups is 1. The Bertz CT molecular complexity index is 1080. The predicted molar refractivity (Wildman–Crippen MR) is 121 cm³/mol. The fraction of sp³-hybridized carbons (Fsp3) is 0.375. The number of carbonyl (C=O) groups excluding carboxylic acids is 1. The number of amides is 1. The Balaban J connectivity index is 1.60. The van der Waals surface area contributed by atoms with Crippen molar-refractivity contribution < 1.29 is 15.0 Å². The van der Waals surface area contributed by atoms with E-state index in [4.69, 9.17) is 4.98 Å². The van der Waals surface area contributed by atoms with Gasteiger partial charge in [-0.15, -0.1) is 0 Å². The largest absolute Gasteiger partial charge is 0.507 e. The lowest BCUT2D eigenvalue weighted by Gasteiger charge is -2.37. The Morgan fingerprint density at radius 2 is 1.68 bits per heavy atom. The molecule has 4 rings (SSSR count). The van der Waals surface area contributed by atoms with Crippen molar-refractivity contribution in [2.24, 2.45) is 5.92 Å². The van der Waals surface area contributed by atoms with Crippen molar-refractivity contribution in [3.8, 4) is 17.1 Å². The minimum Gasteiger partial charge on any atom is -0.507 e. The number of aromatic nitrogens is 2. The maximum atomic E-state index is 12.6. The number of anilines is 1. The first-order valence-corrected chi connectivity index (χ1v) is 10.7. The van der Waals surface area contributed by atoms with E-state index in [2.05, 4.69) is 9.88 Å². The molecular formula is C24H28N4O3. The fourth-order valence-electron chi connectivity index (χ4n) is 3.98. The molecule has 1 aliphatic heterocycles. The van der Waals surface area contributed by atoms with Crippen LogP contribution in [0.5, 0.6) is 5.75 Å². The van der Waals surface area contributed by atoms with Crippen LogP contribution in [-0.2, 0) is 4.79 Å². The summed E-state index contributed by atoms with van der Waals surface area (Å²) in [5, 5.41) is 21.4. The fourth-order valence-corrected chi connectivity index (χ4v) is 3.98. The number of phenolic OH excluding ortho intramolecular Hbond substituents is 1. The predicted octanol–water partition coefficient (Wildman–Crippen LogP) is 3.06. The molecule has 0 bridgehead atoms. The Kier molecular flexibility index (Phi) is 6.04. The topological polar surface area (TPSA) is 89.8 Å². The van der Waals surface area contributed by atoms with E-state index in [-0.39, 0.29) is 17.6 Å². The summed E-state index contributed by atoms with van der Waals surface area (Å²) < 4.78 is 0. The van der Waals surface area contributed by atoms with Gasteiger partial charge in [0, 0.05) is 31.6 Å². The maximum Gasteiger partial charge on any atom is 0.251 e. The first kappa shape index (κ1) is 21.1. The third-order valence-electron chi connectivity index (χ3n) is 5.60. The van der Waals surface area contributed by atoms with E-state index in [1.807, 2.05) is 44.2 Å². The number of hydrogen-bond acceptors (Lipinski definition) is 6. The molecule has 0 aliphatic carbocycles. The SMILES string of the molecule is CC(C)CC(O)C(=O)N1CCN(c2nc(-c3ccccc3O)nc3ccccc23)CC1. The third kappa shape index (κ3) is 4.46. The number of fused-ring (bicyclic) bond motifs is 1. The van der Waals surface area contributed by atoms with Gasteiger partial charge in [-0.2, -0.15) is 0 Å². The summed E-state index contributed by atoms with van der Waals surface area (Å²) in [6, 6.07) is 14.9. The lowest BCUT2D eigenvalue weighted by molar-refractivity contribution is -0.141. The number of nitrogens with zero attached hydrogens (tertiary/aromatic N) is 4. The number of aliphatic hydroxyl groups excluding tert-OH is 1. The van der Waals surface area contributed by atoms with E-state index in [9.17, 15) is 15.0 Å². The number of carbonyl (C=O) groups is 1. The van der Waals surface area contributed by atoms with E-state index in [0.717, 1.165) is 16.7 Å². The average Bonchev–Trinajstić information content (AvgIpc) is 2.78. The second kappa shape index (κ2) is 8.89. The lowest BCUT2D eigenvalue weighted by Crippen LogP contribution is -2.52. The minimum absolute atomic E-state index is 0.137. The number of phenols is 1. The summed E-state index contributed by atoms with van der Waals surface area (Å²) >= 11 is 0. The van der Waals surface area contributed by atoms with Crippen LogP contribution in [-0.4, -0.2) is 63.3 Å². The molecule has 7 nitrogen and oxygen atoms in total. The van der Waals surface area contributed by atoms with Gasteiger partial charge in [-0.3, -0.25) is 4.79 Å². The number of para-hydroxylation sites is 2. The molecule has 0 saturated carbocycles. The highest BCUT2D eigenvalue weighted by atomic mass is 16.3. The molecule has 1 atom stereocenters. The van der Waals surface area contributed by atoms with Gasteiger partial charge in [0.25, 0.3) is 5.91 Å². The second-order valence-corrected chi connectivity index (χ2v) is 8.36. The molecular weight excluding hydrogens is 392 g/mol. The highest BCUT2D eigenvalue weighted by molar-refractivity contribution is 5.91. The van der Waals surface area contributed by atoms with Crippen molar-refractivity contribution in [2.45, 2.75) is 26.4 Å². The van der Waals surface area contributed by atoms with Gasteiger partial charge in [0.2, 0.25) is 0 Å². The molecule has 0 spiro atoms. The summed E-state index contributed by atoms with van der Waals surface area (Å²) in [4.78, 5) is 25.9. The molecule has 2 heterocycles. The van der Waals surface area contributed by atoms with E-state index < -0.39 is 6.10 Å². The third-order valence-corrected chi connectivity index (χ3v) is 5.60. The number of piperazine rings is 1. The van der Waals surface area contributed by atoms with Gasteiger partial charge in [0.05, 0.1) is 11.1 Å². The van der Waals surface area contributed by atoms with Gasteiger partial charge in [0.1, 0.15) is 17.7 Å². The monoisotopic (exact) mass is 420 g/mol. The minimum atomic E-state index is -0.945. The molecule has 7 heteroatoms. The molecule has 1 unspecified atom stereocenters. The maximum absolute atomic E-state index is 12.6. The summed E-state index contributed by atoms with van der Waals surface area (Å²) in [6.07, 6.45) is -0.474. The van der Waals surface area contributed by atoms with Crippen molar-refractivity contribution in [3.05, 3.63) is 48.5 Å². The average molecular weight is 421 g/mol. The van der Waals surface area contributed by atoms with Gasteiger partial charge >= 0.3 is 0 Å². The second-order valence-electron chi connectivity index (χ2n) is 8.36. The van der Waals surface area contributed by atoms with Crippen LogP contribution in [0.4, 0.5) is 5.82 Å². The summed E-state index contributed by atoms with van der Waals surface area (Å²) in [5.41, 5.74) is 1.39. The van der Waals surface area contributed by atoms with Gasteiger partial charge in [-0.25, -0.2) is 9.97 Å². The Hall–Kier alpha value is -3.19. The van der Waals surface area contributed by atoms with Gasteiger partial charge in [0.15, 0.2) is 5.82 Å². The molecule has 1 aliphatic rings. The van der Waals surface area contributed by atoms with Crippen LogP contribution in [0, 0.1) is 5.92 Å². The number of benzene rings is 2. The highest BCUT2D eigenvalue weighted by Gasteiger charge is 2.28. The van der Waals surface area contributed by atoms with Crippen molar-refractivity contribution in [2.75, 3.05) is 31.1 Å². The molecule has 2 aromatic carbocycles. The molecule has 1 aromatic heterocycles. The first-order chi connectivity index (χ1) is 14.9. The van der Waals surface area contributed by atoms with Crippen molar-refractivity contribution in [3.63, 3.8) is 0 Å². The normalized spacial score (nSPS) is 15.5. The van der Waals surface area contributed by atoms with E-state index >= 15 is 0 Å². The summed E-state index contributed by atoms with van der Waals surface area (Å²) in [6.45, 7) is 6.27. The molecule has 162 valence electrons. The lowest BCUT2D eigenvalue weighted by atomic mass is 10.0. The van der Waals surface area contributed by atoms with Gasteiger partial charge < -0.3 is 20.0 Å². The van der Waals surface area contributed by atoms with E-state index in [1.165, 1.54) is 0 Å². The van der Waals surface area contributed by atoms with Crippen LogP contribution in [0.25, 0.3) is 22.3 Å². The Labute approximate surface area is 182 Å². The van der Waals surface area contributed by atoms with Crippen LogP contribution in [0.3, 0.4) is 0 Å². The Morgan fingerprint density at radius 3 is 2.39 bits per heavy atom. The molecule has 1 amide bonds. The van der Waals surface area contributed by atoms with Crippen LogP contribution in [0.1, 0.15) is 20.3 Å². The summed E-state index contributed by atoms with van der Waals surface area (Å²) in [5.74, 6) is 1.46. The van der Waals surface area contributed by atoms with Crippen LogP contribution in [0.2, 0.25) is 0 Å². The molecule has 0 radical (unpaired) electrons. The zero-order chi connectivity index (χ0) is 22.0. The van der Waals surface area contributed by atoms with Crippen LogP contribution in [0.15, 0.2) is 48.5 Å². The Morgan fingerprint density at radius 1 is 1.00 bits per heavy atom. The molecule has 31 heavy (non-hydrogen) atoms. The van der Waals surface area contributed by atoms with E-state index in [0.29, 0.717) is 44.0 Å². The smallest absolute Gasteiger partial charge is 0.251 e. The highest BCUT2D eigenvalue weighted by Crippen LogP contribution is 2.31. The molecule has 2 N–H and O–H groups in total. The van der Waals surface area contributed by atoms with Crippen LogP contribution >= 0.6 is 0 Å². The number of hydrogen-bond donors (Lipinski definition) is 2. The summed E-state index contributed by atoms with van der Waals surface area (Å²) in [7, 11) is 0. The first-order valence-electron chi connectivity index (χ1n) is 10.7. The van der Waals surface area contributed by atoms with Crippen molar-refractivity contribution >= 4 is 22.6 Å². The number of rotatable bonds is 5. The van der Waals surface area contributed by atoms with E-state index in [1.54, 1.807) is 23.1 Å². The molecule has 3 aromatic rings. The quantitative estimate of drug-likeness (QED) is 0.659. The van der Waals surface area contributed by atoms with Crippen molar-refractivity contribution in [1.29, 1.82) is 0 Å². The van der Waals surface area contributed by atoms with Crippen molar-refractivity contribution in [1.82, 2.24) is 14.9 Å². The zero-order valence-electron chi connectivity index (χ0n) is 17.9. The number of aliphatic hydroxyl groups is 1. The zero-order valence-corrected chi connectivity index (χ0v) is 17.9. The van der Waals surface area contributed by atoms with Gasteiger partial charge in [-0.05, 0) is 36.6 Å².